The first-order chi connectivity index (χ1) is 7.91. The van der Waals surface area contributed by atoms with Gasteiger partial charge in [0.05, 0.1) is 0 Å². The van der Waals surface area contributed by atoms with Gasteiger partial charge >= 0.3 is 0 Å². The van der Waals surface area contributed by atoms with Gasteiger partial charge in [-0.25, -0.2) is 4.57 Å². The topological polar surface area (TPSA) is 8.81 Å². The summed E-state index contributed by atoms with van der Waals surface area (Å²) in [7, 11) is 0. The third-order valence-corrected chi connectivity index (χ3v) is 3.23. The number of para-hydroxylation sites is 1. The van der Waals surface area contributed by atoms with Crippen molar-refractivity contribution in [1.29, 1.82) is 0 Å². The Hall–Kier alpha value is -1.57. The minimum absolute atomic E-state index is 0.120. The fraction of sp³-hybridized carbons (Fsp3) is 0.400. The summed E-state index contributed by atoms with van der Waals surface area (Å²) < 4.78 is 4.58. The van der Waals surface area contributed by atoms with E-state index in [0.717, 1.165) is 0 Å². The van der Waals surface area contributed by atoms with Gasteiger partial charge in [0.2, 0.25) is 6.33 Å². The van der Waals surface area contributed by atoms with E-state index in [4.69, 9.17) is 0 Å². The Morgan fingerprint density at radius 1 is 1.00 bits per heavy atom. The Bertz CT molecular complexity index is 516. The Kier molecular flexibility index (Phi) is 2.82. The highest BCUT2D eigenvalue weighted by molar-refractivity contribution is 5.33. The first-order valence-electron chi connectivity index (χ1n) is 6.07. The molecule has 0 aliphatic heterocycles. The van der Waals surface area contributed by atoms with Crippen LogP contribution < -0.4 is 4.57 Å². The van der Waals surface area contributed by atoms with Gasteiger partial charge in [0.1, 0.15) is 22.6 Å². The summed E-state index contributed by atoms with van der Waals surface area (Å²) >= 11 is 0. The normalized spacial score (nSPS) is 11.8. The molecule has 2 nitrogen and oxygen atoms in total. The second kappa shape index (κ2) is 4.02. The highest BCUT2D eigenvalue weighted by Gasteiger charge is 2.26. The smallest absolute Gasteiger partial charge is 0.229 e. The number of imidazole rings is 1. The lowest BCUT2D eigenvalue weighted by molar-refractivity contribution is -0.758. The fourth-order valence-corrected chi connectivity index (χ4v) is 2.16. The van der Waals surface area contributed by atoms with E-state index in [0.29, 0.717) is 0 Å². The molecule has 0 N–H and O–H groups in total. The Balaban J connectivity index is 2.59. The largest absolute Gasteiger partial charge is 0.249 e. The fourth-order valence-electron chi connectivity index (χ4n) is 2.16. The zero-order valence-electron chi connectivity index (χ0n) is 11.4. The van der Waals surface area contributed by atoms with Gasteiger partial charge in [-0.05, 0) is 32.9 Å². The van der Waals surface area contributed by atoms with Crippen LogP contribution in [0.3, 0.4) is 0 Å². The highest BCUT2D eigenvalue weighted by atomic mass is 15.2. The van der Waals surface area contributed by atoms with Crippen LogP contribution in [0.4, 0.5) is 0 Å². The molecule has 90 valence electrons. The molecule has 0 saturated heterocycles. The summed E-state index contributed by atoms with van der Waals surface area (Å²) in [5.74, 6) is 0. The number of aromatic nitrogens is 2. The van der Waals surface area contributed by atoms with Crippen molar-refractivity contribution in [2.45, 2.75) is 40.2 Å². The molecule has 0 aliphatic carbocycles. The highest BCUT2D eigenvalue weighted by Crippen LogP contribution is 2.15. The maximum Gasteiger partial charge on any atom is 0.249 e. The average Bonchev–Trinajstić information content (AvgIpc) is 2.57. The van der Waals surface area contributed by atoms with Gasteiger partial charge in [0.25, 0.3) is 0 Å². The van der Waals surface area contributed by atoms with Gasteiger partial charge in [-0.3, -0.25) is 0 Å². The van der Waals surface area contributed by atoms with E-state index in [1.54, 1.807) is 0 Å². The monoisotopic (exact) mass is 229 g/mol. The van der Waals surface area contributed by atoms with Gasteiger partial charge < -0.3 is 0 Å². The van der Waals surface area contributed by atoms with E-state index in [1.807, 2.05) is 6.07 Å². The molecule has 2 aromatic rings. The van der Waals surface area contributed by atoms with E-state index in [-0.39, 0.29) is 5.54 Å². The molecule has 0 bridgehead atoms. The lowest BCUT2D eigenvalue weighted by Gasteiger charge is -2.15. The van der Waals surface area contributed by atoms with Gasteiger partial charge in [-0.2, -0.15) is 4.57 Å². The first-order valence-corrected chi connectivity index (χ1v) is 6.07. The van der Waals surface area contributed by atoms with Crippen molar-refractivity contribution in [2.24, 2.45) is 0 Å². The van der Waals surface area contributed by atoms with Gasteiger partial charge in [0, 0.05) is 13.8 Å². The maximum absolute atomic E-state index is 2.33. The van der Waals surface area contributed by atoms with Crippen molar-refractivity contribution < 1.29 is 4.57 Å². The maximum atomic E-state index is 2.33. The molecule has 1 aromatic carbocycles. The van der Waals surface area contributed by atoms with Crippen LogP contribution in [0, 0.1) is 13.8 Å². The van der Waals surface area contributed by atoms with Crippen LogP contribution in [-0.2, 0) is 5.54 Å². The summed E-state index contributed by atoms with van der Waals surface area (Å²) in [5, 5.41) is 0. The second-order valence-corrected chi connectivity index (χ2v) is 5.53. The molecular formula is C15H21N2+. The van der Waals surface area contributed by atoms with Crippen molar-refractivity contribution in [3.63, 3.8) is 0 Å². The summed E-state index contributed by atoms with van der Waals surface area (Å²) in [6, 6.07) is 10.5. The molecular weight excluding hydrogens is 208 g/mol. The minimum Gasteiger partial charge on any atom is -0.229 e. The van der Waals surface area contributed by atoms with Crippen LogP contribution in [-0.4, -0.2) is 4.57 Å². The molecule has 2 heteroatoms. The Morgan fingerprint density at radius 2 is 1.59 bits per heavy atom. The number of rotatable bonds is 1. The van der Waals surface area contributed by atoms with E-state index in [9.17, 15) is 0 Å². The van der Waals surface area contributed by atoms with Gasteiger partial charge in [0.15, 0.2) is 0 Å². The number of hydrogen-bond acceptors (Lipinski definition) is 0. The van der Waals surface area contributed by atoms with Crippen molar-refractivity contribution in [3.8, 4) is 5.69 Å². The lowest BCUT2D eigenvalue weighted by atomic mass is 10.1. The molecule has 0 unspecified atom stereocenters. The lowest BCUT2D eigenvalue weighted by Crippen LogP contribution is -2.50. The van der Waals surface area contributed by atoms with Gasteiger partial charge in [-0.1, -0.05) is 18.2 Å². The van der Waals surface area contributed by atoms with E-state index >= 15 is 0 Å². The van der Waals surface area contributed by atoms with Crippen molar-refractivity contribution in [3.05, 3.63) is 48.0 Å². The molecule has 0 radical (unpaired) electrons. The van der Waals surface area contributed by atoms with Crippen molar-refractivity contribution >= 4 is 0 Å². The minimum atomic E-state index is 0.120. The SMILES string of the molecule is Cc1c(C)[n+](C(C)(C)C)cn1-c1ccccc1. The molecule has 0 fully saturated rings. The van der Waals surface area contributed by atoms with Crippen LogP contribution in [0.2, 0.25) is 0 Å². The summed E-state index contributed by atoms with van der Waals surface area (Å²) in [6.45, 7) is 11.0. The number of nitrogens with zero attached hydrogens (tertiary/aromatic N) is 2. The molecule has 0 aliphatic rings. The summed E-state index contributed by atoms with van der Waals surface area (Å²) in [4.78, 5) is 0. The van der Waals surface area contributed by atoms with Crippen LogP contribution in [0.5, 0.6) is 0 Å². The molecule has 0 spiro atoms. The predicted octanol–water partition coefficient (Wildman–Crippen LogP) is 3.14. The molecule has 0 saturated carbocycles. The quantitative estimate of drug-likeness (QED) is 0.664. The molecule has 2 rings (SSSR count). The van der Waals surface area contributed by atoms with E-state index < -0.39 is 0 Å². The number of benzene rings is 1. The molecule has 0 atom stereocenters. The van der Waals surface area contributed by atoms with Crippen LogP contribution >= 0.6 is 0 Å². The standard InChI is InChI=1S/C15H21N2/c1-12-13(2)17(15(3,4)5)11-16(12)14-9-7-6-8-10-14/h6-11H,1-5H3/q+1. The third kappa shape index (κ3) is 2.12. The summed E-state index contributed by atoms with van der Waals surface area (Å²) in [6.07, 6.45) is 2.19. The van der Waals surface area contributed by atoms with E-state index in [2.05, 4.69) is 74.3 Å². The van der Waals surface area contributed by atoms with Crippen molar-refractivity contribution in [1.82, 2.24) is 4.57 Å². The predicted molar refractivity (Wildman–Crippen MR) is 70.4 cm³/mol. The van der Waals surface area contributed by atoms with E-state index in [1.165, 1.54) is 17.1 Å². The Labute approximate surface area is 104 Å². The van der Waals surface area contributed by atoms with Crippen LogP contribution in [0.25, 0.3) is 5.69 Å². The molecule has 1 aromatic heterocycles. The zero-order chi connectivity index (χ0) is 12.6. The zero-order valence-corrected chi connectivity index (χ0v) is 11.4. The van der Waals surface area contributed by atoms with Crippen molar-refractivity contribution in [2.75, 3.05) is 0 Å². The number of hydrogen-bond donors (Lipinski definition) is 0. The average molecular weight is 229 g/mol. The summed E-state index contributed by atoms with van der Waals surface area (Å²) in [5.41, 5.74) is 3.96. The first kappa shape index (κ1) is 11.9. The molecule has 0 amide bonds. The third-order valence-electron chi connectivity index (χ3n) is 3.23. The van der Waals surface area contributed by atoms with Crippen LogP contribution in [0.1, 0.15) is 32.2 Å². The molecule has 1 heterocycles. The van der Waals surface area contributed by atoms with Crippen LogP contribution in [0.15, 0.2) is 36.7 Å². The Morgan fingerprint density at radius 3 is 2.06 bits per heavy atom. The van der Waals surface area contributed by atoms with Gasteiger partial charge in [-0.15, -0.1) is 0 Å². The molecule has 17 heavy (non-hydrogen) atoms. The second-order valence-electron chi connectivity index (χ2n) is 5.53.